The van der Waals surface area contributed by atoms with E-state index in [9.17, 15) is 4.79 Å². The van der Waals surface area contributed by atoms with Crippen LogP contribution in [0.25, 0.3) is 0 Å². The highest BCUT2D eigenvalue weighted by atomic mass is 35.6. The molecule has 0 bridgehead atoms. The minimum atomic E-state index is -1.74. The van der Waals surface area contributed by atoms with Crippen molar-refractivity contribution in [2.75, 3.05) is 12.4 Å². The van der Waals surface area contributed by atoms with Gasteiger partial charge in [0.1, 0.15) is 11.9 Å². The summed E-state index contributed by atoms with van der Waals surface area (Å²) in [5.41, 5.74) is 3.25. The maximum absolute atomic E-state index is 12.5. The molecule has 4 nitrogen and oxygen atoms in total. The van der Waals surface area contributed by atoms with Gasteiger partial charge in [-0.3, -0.25) is 4.79 Å². The number of ether oxygens (including phenoxy) is 1. The average molecular weight is 402 g/mol. The van der Waals surface area contributed by atoms with Gasteiger partial charge in [0.25, 0.3) is 5.91 Å². The van der Waals surface area contributed by atoms with Crippen molar-refractivity contribution in [2.24, 2.45) is 0 Å². The molecule has 0 spiro atoms. The Labute approximate surface area is 162 Å². The fourth-order valence-electron chi connectivity index (χ4n) is 2.20. The standard InChI is InChI=1S/C18H19Cl3N2O2/c1-11-4-5-12(2)15(10-11)22-17(18(19,20)21)23-16(24)13-6-8-14(25-3)9-7-13/h4-10,17,22H,1-3H3,(H,23,24)/t17-/m0/s1. The molecule has 0 radical (unpaired) electrons. The Bertz CT molecular complexity index is 743. The van der Waals surface area contributed by atoms with Crippen LogP contribution < -0.4 is 15.4 Å². The third-order valence-electron chi connectivity index (χ3n) is 3.65. The second-order valence-corrected chi connectivity index (χ2v) is 8.01. The maximum atomic E-state index is 12.5. The normalized spacial score (nSPS) is 12.4. The topological polar surface area (TPSA) is 50.4 Å². The molecule has 7 heteroatoms. The van der Waals surface area contributed by atoms with Crippen molar-refractivity contribution in [3.8, 4) is 5.75 Å². The first kappa shape index (κ1) is 19.7. The molecule has 2 aromatic carbocycles. The summed E-state index contributed by atoms with van der Waals surface area (Å²) in [6.45, 7) is 3.90. The zero-order valence-corrected chi connectivity index (χ0v) is 16.3. The van der Waals surface area contributed by atoms with Crippen LogP contribution in [0.1, 0.15) is 21.5 Å². The number of rotatable bonds is 5. The van der Waals surface area contributed by atoms with E-state index in [1.165, 1.54) is 0 Å². The van der Waals surface area contributed by atoms with Crippen LogP contribution in [0.15, 0.2) is 42.5 Å². The Morgan fingerprint density at radius 2 is 1.72 bits per heavy atom. The fraction of sp³-hybridized carbons (Fsp3) is 0.278. The first-order valence-corrected chi connectivity index (χ1v) is 8.69. The van der Waals surface area contributed by atoms with Crippen LogP contribution >= 0.6 is 34.8 Å². The largest absolute Gasteiger partial charge is 0.497 e. The van der Waals surface area contributed by atoms with E-state index < -0.39 is 9.96 Å². The van der Waals surface area contributed by atoms with E-state index in [1.54, 1.807) is 31.4 Å². The number of anilines is 1. The van der Waals surface area contributed by atoms with Gasteiger partial charge in [-0.05, 0) is 55.3 Å². The van der Waals surface area contributed by atoms with Gasteiger partial charge in [-0.15, -0.1) is 0 Å². The van der Waals surface area contributed by atoms with E-state index >= 15 is 0 Å². The lowest BCUT2D eigenvalue weighted by molar-refractivity contribution is 0.0942. The van der Waals surface area contributed by atoms with Gasteiger partial charge in [0.15, 0.2) is 0 Å². The molecule has 2 aromatic rings. The number of hydrogen-bond donors (Lipinski definition) is 2. The number of hydrogen-bond acceptors (Lipinski definition) is 3. The molecule has 0 aliphatic carbocycles. The molecular weight excluding hydrogens is 383 g/mol. The molecule has 0 heterocycles. The van der Waals surface area contributed by atoms with Crippen LogP contribution in [-0.4, -0.2) is 23.0 Å². The highest BCUT2D eigenvalue weighted by Gasteiger charge is 2.34. The molecule has 1 amide bonds. The second-order valence-electron chi connectivity index (χ2n) is 5.64. The van der Waals surface area contributed by atoms with Gasteiger partial charge in [0.2, 0.25) is 3.79 Å². The predicted molar refractivity (Wildman–Crippen MR) is 104 cm³/mol. The molecule has 0 aliphatic rings. The van der Waals surface area contributed by atoms with Crippen molar-refractivity contribution in [1.82, 2.24) is 5.32 Å². The Morgan fingerprint density at radius 3 is 2.28 bits per heavy atom. The first-order valence-electron chi connectivity index (χ1n) is 7.56. The number of halogens is 3. The molecule has 1 atom stereocenters. The minimum Gasteiger partial charge on any atom is -0.497 e. The summed E-state index contributed by atoms with van der Waals surface area (Å²) in [6.07, 6.45) is -0.910. The van der Waals surface area contributed by atoms with E-state index in [1.807, 2.05) is 32.0 Å². The van der Waals surface area contributed by atoms with Crippen molar-refractivity contribution in [3.63, 3.8) is 0 Å². The van der Waals surface area contributed by atoms with Crippen LogP contribution in [0.4, 0.5) is 5.69 Å². The summed E-state index contributed by atoms with van der Waals surface area (Å²) in [7, 11) is 1.56. The van der Waals surface area contributed by atoms with E-state index in [4.69, 9.17) is 39.5 Å². The third kappa shape index (κ3) is 5.43. The molecule has 25 heavy (non-hydrogen) atoms. The summed E-state index contributed by atoms with van der Waals surface area (Å²) >= 11 is 18.2. The molecule has 0 unspecified atom stereocenters. The van der Waals surface area contributed by atoms with E-state index in [0.717, 1.165) is 16.8 Å². The number of nitrogens with one attached hydrogen (secondary N) is 2. The van der Waals surface area contributed by atoms with Crippen molar-refractivity contribution < 1.29 is 9.53 Å². The zero-order valence-electron chi connectivity index (χ0n) is 14.1. The highest BCUT2D eigenvalue weighted by molar-refractivity contribution is 6.68. The number of carbonyl (C=O) groups excluding carboxylic acids is 1. The number of aryl methyl sites for hydroxylation is 2. The number of carbonyl (C=O) groups is 1. The first-order chi connectivity index (χ1) is 11.7. The van der Waals surface area contributed by atoms with Crippen molar-refractivity contribution >= 4 is 46.4 Å². The number of alkyl halides is 3. The molecule has 0 aliphatic heterocycles. The number of methoxy groups -OCH3 is 1. The summed E-state index contributed by atoms with van der Waals surface area (Å²) in [5.74, 6) is 0.291. The van der Waals surface area contributed by atoms with Gasteiger partial charge in [-0.1, -0.05) is 46.9 Å². The van der Waals surface area contributed by atoms with Crippen LogP contribution in [0, 0.1) is 13.8 Å². The minimum absolute atomic E-state index is 0.364. The van der Waals surface area contributed by atoms with Crippen LogP contribution in [-0.2, 0) is 0 Å². The summed E-state index contributed by atoms with van der Waals surface area (Å²) in [4.78, 5) is 12.5. The number of amides is 1. The van der Waals surface area contributed by atoms with Gasteiger partial charge >= 0.3 is 0 Å². The Kier molecular flexibility index (Phi) is 6.44. The summed E-state index contributed by atoms with van der Waals surface area (Å²) in [6, 6.07) is 12.5. The SMILES string of the molecule is COc1ccc(C(=O)N[C@H](Nc2cc(C)ccc2C)C(Cl)(Cl)Cl)cc1. The maximum Gasteiger partial charge on any atom is 0.252 e. The third-order valence-corrected chi connectivity index (χ3v) is 4.30. The van der Waals surface area contributed by atoms with Crippen molar-refractivity contribution in [3.05, 3.63) is 59.2 Å². The lowest BCUT2D eigenvalue weighted by Crippen LogP contribution is -2.49. The van der Waals surface area contributed by atoms with E-state index in [2.05, 4.69) is 10.6 Å². The van der Waals surface area contributed by atoms with Gasteiger partial charge in [0.05, 0.1) is 7.11 Å². The Morgan fingerprint density at radius 1 is 1.08 bits per heavy atom. The quantitative estimate of drug-likeness (QED) is 0.556. The van der Waals surface area contributed by atoms with Crippen LogP contribution in [0.2, 0.25) is 0 Å². The average Bonchev–Trinajstić information content (AvgIpc) is 2.56. The van der Waals surface area contributed by atoms with Crippen molar-refractivity contribution in [1.29, 1.82) is 0 Å². The Balaban J connectivity index is 2.20. The van der Waals surface area contributed by atoms with Crippen LogP contribution in [0.3, 0.4) is 0 Å². The van der Waals surface area contributed by atoms with Gasteiger partial charge in [-0.2, -0.15) is 0 Å². The monoisotopic (exact) mass is 400 g/mol. The van der Waals surface area contributed by atoms with E-state index in [0.29, 0.717) is 11.3 Å². The molecule has 0 fully saturated rings. The zero-order chi connectivity index (χ0) is 18.6. The molecular formula is C18H19Cl3N2O2. The van der Waals surface area contributed by atoms with Gasteiger partial charge in [0, 0.05) is 11.3 Å². The molecule has 0 aromatic heterocycles. The molecule has 0 saturated heterocycles. The lowest BCUT2D eigenvalue weighted by atomic mass is 10.1. The number of benzene rings is 2. The molecule has 2 rings (SSSR count). The second kappa shape index (κ2) is 8.17. The van der Waals surface area contributed by atoms with Gasteiger partial charge < -0.3 is 15.4 Å². The summed E-state index contributed by atoms with van der Waals surface area (Å²) in [5, 5.41) is 5.82. The lowest BCUT2D eigenvalue weighted by Gasteiger charge is -2.28. The summed E-state index contributed by atoms with van der Waals surface area (Å²) < 4.78 is 3.34. The smallest absolute Gasteiger partial charge is 0.252 e. The predicted octanol–water partition coefficient (Wildman–Crippen LogP) is 4.85. The van der Waals surface area contributed by atoms with Crippen LogP contribution in [0.5, 0.6) is 5.75 Å². The van der Waals surface area contributed by atoms with Gasteiger partial charge in [-0.25, -0.2) is 0 Å². The molecule has 134 valence electrons. The van der Waals surface area contributed by atoms with E-state index in [-0.39, 0.29) is 5.91 Å². The fourth-order valence-corrected chi connectivity index (χ4v) is 2.53. The highest BCUT2D eigenvalue weighted by Crippen LogP contribution is 2.32. The Hall–Kier alpha value is -1.62. The van der Waals surface area contributed by atoms with Crippen molar-refractivity contribution in [2.45, 2.75) is 23.8 Å². The molecule has 0 saturated carbocycles. The molecule has 2 N–H and O–H groups in total.